The number of amides is 11. The Morgan fingerprint density at radius 1 is 0.627 bits per heavy atom. The summed E-state index contributed by atoms with van der Waals surface area (Å²) in [7, 11) is 0. The molecule has 83 heavy (non-hydrogen) atoms. The van der Waals surface area contributed by atoms with Crippen LogP contribution in [0.2, 0.25) is 0 Å². The minimum Gasteiger partial charge on any atom is -0.508 e. The zero-order valence-corrected chi connectivity index (χ0v) is 46.5. The summed E-state index contributed by atoms with van der Waals surface area (Å²) < 4.78 is 5.48. The van der Waals surface area contributed by atoms with Crippen LogP contribution in [0.3, 0.4) is 0 Å². The van der Waals surface area contributed by atoms with Crippen LogP contribution in [0.15, 0.2) is 36.4 Å². The molecule has 0 radical (unpaired) electrons. The largest absolute Gasteiger partial charge is 0.508 e. The van der Waals surface area contributed by atoms with E-state index in [-0.39, 0.29) is 50.5 Å². The molecule has 30 heteroatoms. The topological polar surface area (TPSA) is 460 Å². The van der Waals surface area contributed by atoms with Gasteiger partial charge in [-0.3, -0.25) is 58.1 Å². The van der Waals surface area contributed by atoms with E-state index in [1.54, 1.807) is 0 Å². The van der Waals surface area contributed by atoms with Crippen LogP contribution < -0.4 is 64.2 Å². The molecule has 1 aliphatic heterocycles. The SMILES string of the molecule is CC(=O)NCC(=O)N[C@@H](CCCCNC(=O)OC[C@@H]1C2CC/C=C/CC[C@H]21)C(=O)NCC(=O)N[C@@H](Cc1ccc(O)cc1)C(=O)NCC(=O)N[C@@H](CCCNC(=N)N)C(=O)NCC(=O)N[C@@H](CC(=O)O)C(=O)N[C@@H](CO)C(=O)N1CCCC1. The number of hydrogen-bond acceptors (Lipinski definition) is 16. The molecule has 30 nitrogen and oxygen atoms in total. The van der Waals surface area contributed by atoms with Crippen molar-refractivity contribution < 1.29 is 77.6 Å². The molecule has 3 aliphatic rings. The summed E-state index contributed by atoms with van der Waals surface area (Å²) in [5.41, 5.74) is 5.81. The van der Waals surface area contributed by atoms with Gasteiger partial charge in [0.25, 0.3) is 0 Å². The Hall–Kier alpha value is -8.57. The molecule has 458 valence electrons. The molecular formula is C53H80N14O16. The highest BCUT2D eigenvalue weighted by atomic mass is 16.5. The van der Waals surface area contributed by atoms with Crippen molar-refractivity contribution in [1.29, 1.82) is 5.41 Å². The third-order valence-corrected chi connectivity index (χ3v) is 13.9. The quantitative estimate of drug-likeness (QED) is 0.0136. The molecule has 1 heterocycles. The van der Waals surface area contributed by atoms with Crippen molar-refractivity contribution >= 4 is 77.1 Å². The lowest BCUT2D eigenvalue weighted by molar-refractivity contribution is -0.142. The van der Waals surface area contributed by atoms with E-state index in [2.05, 4.69) is 70.6 Å². The summed E-state index contributed by atoms with van der Waals surface area (Å²) in [6.07, 6.45) is 9.08. The number of alkyl carbamates (subject to hydrolysis) is 1. The van der Waals surface area contributed by atoms with Gasteiger partial charge in [0.15, 0.2) is 5.96 Å². The molecule has 1 aromatic carbocycles. The molecule has 0 bridgehead atoms. The van der Waals surface area contributed by atoms with E-state index in [4.69, 9.17) is 15.9 Å². The van der Waals surface area contributed by atoms with Crippen LogP contribution in [-0.4, -0.2) is 193 Å². The number of allylic oxidation sites excluding steroid dienone is 2. The van der Waals surface area contributed by atoms with Gasteiger partial charge in [-0.25, -0.2) is 4.79 Å². The highest BCUT2D eigenvalue weighted by molar-refractivity contribution is 5.97. The van der Waals surface area contributed by atoms with Crippen molar-refractivity contribution in [2.24, 2.45) is 23.5 Å². The van der Waals surface area contributed by atoms with Gasteiger partial charge in [0.05, 0.1) is 45.8 Å². The Balaban J connectivity index is 1.32. The summed E-state index contributed by atoms with van der Waals surface area (Å²) in [5, 5.41) is 63.1. The molecule has 2 fully saturated rings. The smallest absolute Gasteiger partial charge is 0.407 e. The summed E-state index contributed by atoms with van der Waals surface area (Å²) in [6, 6.07) is -1.55. The Kier molecular flexibility index (Phi) is 28.5. The summed E-state index contributed by atoms with van der Waals surface area (Å²) in [6.45, 7) is -0.937. The van der Waals surface area contributed by atoms with Crippen molar-refractivity contribution in [3.8, 4) is 5.75 Å². The maximum absolute atomic E-state index is 13.7. The average molecular weight is 1170 g/mol. The number of nitrogens with zero attached hydrogens (tertiary/aromatic N) is 1. The number of phenols is 1. The van der Waals surface area contributed by atoms with Crippen LogP contribution >= 0.6 is 0 Å². The Morgan fingerprint density at radius 3 is 1.64 bits per heavy atom. The standard InChI is InChI=1S/C53H80N14O16/c1-31(69)58-25-42(71)62-37(13-6-7-19-57-53(82)83-30-36-34-11-4-2-3-5-12-35(34)36)47(77)59-27-44(73)64-39(23-32-15-17-33(70)18-16-32)49(79)61-26-43(72)63-38(14-10-20-56-52(54)55)48(78)60-28-45(74)65-40(24-46(75)76)50(80)66-41(29-68)51(81)67-21-8-9-22-67/h2-3,15-18,34-41,68,70H,4-14,19-30H2,1H3,(H,57,82)(H,58,69)(H,59,77)(H,60,78)(H,61,79)(H,62,71)(H,63,72)(H,64,73)(H,65,74)(H,66,80)(H,75,76)(H4,54,55,56)/b3-2+/t34-,35?,36+,37+,38+,39+,40+,41+/m1/s1. The first-order valence-electron chi connectivity index (χ1n) is 27.7. The monoisotopic (exact) mass is 1170 g/mol. The fourth-order valence-corrected chi connectivity index (χ4v) is 9.53. The number of carboxylic acids is 1. The summed E-state index contributed by atoms with van der Waals surface area (Å²) >= 11 is 0. The first-order chi connectivity index (χ1) is 39.6. The number of aliphatic hydroxyl groups excluding tert-OH is 1. The number of aliphatic hydroxyl groups is 1. The molecule has 2 aliphatic carbocycles. The van der Waals surface area contributed by atoms with E-state index in [1.165, 1.54) is 36.1 Å². The van der Waals surface area contributed by atoms with Gasteiger partial charge in [-0.05, 0) is 106 Å². The lowest BCUT2D eigenvalue weighted by Crippen LogP contribution is -2.57. The summed E-state index contributed by atoms with van der Waals surface area (Å²) in [5.74, 6) is -8.87. The minimum atomic E-state index is -1.74. The number of aromatic hydroxyl groups is 1. The summed E-state index contributed by atoms with van der Waals surface area (Å²) in [4.78, 5) is 156. The number of nitrogens with two attached hydrogens (primary N) is 1. The molecule has 1 saturated heterocycles. The first kappa shape index (κ1) is 66.9. The number of carbonyl (C=O) groups excluding carboxylic acids is 11. The minimum absolute atomic E-state index is 0.0583. The fraction of sp³-hybridized carbons (Fsp3) is 0.604. The van der Waals surface area contributed by atoms with Crippen molar-refractivity contribution in [3.05, 3.63) is 42.0 Å². The Bertz CT molecular complexity index is 2460. The molecule has 0 spiro atoms. The highest BCUT2D eigenvalue weighted by Crippen LogP contribution is 2.52. The number of carboxylic acid groups (broad SMARTS) is 1. The number of phenolic OH excluding ortho intramolecular Hbond substituents is 1. The van der Waals surface area contributed by atoms with Gasteiger partial charge in [-0.15, -0.1) is 0 Å². The lowest BCUT2D eigenvalue weighted by Gasteiger charge is -2.25. The number of fused-ring (bicyclic) bond motifs is 1. The van der Waals surface area contributed by atoms with E-state index in [9.17, 15) is 72.9 Å². The fourth-order valence-electron chi connectivity index (χ4n) is 9.53. The van der Waals surface area contributed by atoms with E-state index in [1.807, 2.05) is 0 Å². The number of benzene rings is 1. The molecule has 1 aromatic rings. The van der Waals surface area contributed by atoms with Gasteiger partial charge in [0, 0.05) is 39.5 Å². The van der Waals surface area contributed by atoms with Gasteiger partial charge in [0.1, 0.15) is 36.0 Å². The van der Waals surface area contributed by atoms with Gasteiger partial charge in [0.2, 0.25) is 59.1 Å². The molecule has 8 atom stereocenters. The van der Waals surface area contributed by atoms with E-state index in [0.29, 0.717) is 55.9 Å². The van der Waals surface area contributed by atoms with Crippen LogP contribution in [-0.2, 0) is 63.9 Å². The predicted octanol–water partition coefficient (Wildman–Crippen LogP) is -3.92. The van der Waals surface area contributed by atoms with Gasteiger partial charge in [-0.2, -0.15) is 0 Å². The van der Waals surface area contributed by atoms with Gasteiger partial charge >= 0.3 is 12.1 Å². The maximum atomic E-state index is 13.7. The van der Waals surface area contributed by atoms with Crippen LogP contribution in [0.4, 0.5) is 4.79 Å². The number of rotatable bonds is 34. The number of unbranched alkanes of at least 4 members (excludes halogenated alkanes) is 1. The number of guanidine groups is 1. The Labute approximate surface area is 479 Å². The number of ether oxygens (including phenoxy) is 1. The van der Waals surface area contributed by atoms with Crippen LogP contribution in [0.25, 0.3) is 0 Å². The van der Waals surface area contributed by atoms with Crippen molar-refractivity contribution in [1.82, 2.24) is 63.4 Å². The number of nitrogens with one attached hydrogen (secondary N) is 12. The second kappa shape index (κ2) is 35.3. The van der Waals surface area contributed by atoms with Crippen molar-refractivity contribution in [3.63, 3.8) is 0 Å². The molecule has 1 unspecified atom stereocenters. The van der Waals surface area contributed by atoms with Crippen LogP contribution in [0, 0.1) is 23.2 Å². The maximum Gasteiger partial charge on any atom is 0.407 e. The molecule has 17 N–H and O–H groups in total. The normalized spacial score (nSPS) is 18.1. The van der Waals surface area contributed by atoms with Crippen LogP contribution in [0.1, 0.15) is 89.5 Å². The number of aliphatic carboxylic acids is 1. The number of likely N-dealkylation sites (tertiary alicyclic amines) is 1. The molecule has 1 saturated carbocycles. The van der Waals surface area contributed by atoms with E-state index < -0.39 is 141 Å². The Morgan fingerprint density at radius 2 is 1.12 bits per heavy atom. The molecular weight excluding hydrogens is 1090 g/mol. The molecule has 4 rings (SSSR count). The highest BCUT2D eigenvalue weighted by Gasteiger charge is 2.49. The van der Waals surface area contributed by atoms with Crippen LogP contribution in [0.5, 0.6) is 5.75 Å². The third-order valence-electron chi connectivity index (χ3n) is 13.9. The first-order valence-corrected chi connectivity index (χ1v) is 27.7. The average Bonchev–Trinajstić information content (AvgIpc) is 4.02. The van der Waals surface area contributed by atoms with Gasteiger partial charge in [-0.1, -0.05) is 24.3 Å². The predicted molar refractivity (Wildman–Crippen MR) is 295 cm³/mol. The lowest BCUT2D eigenvalue weighted by atomic mass is 10.0. The molecule has 0 aromatic heterocycles. The van der Waals surface area contributed by atoms with E-state index >= 15 is 0 Å². The number of carbonyl (C=O) groups is 12. The second-order valence-corrected chi connectivity index (χ2v) is 20.4. The van der Waals surface area contributed by atoms with E-state index in [0.717, 1.165) is 38.5 Å². The zero-order chi connectivity index (χ0) is 60.8. The molecule has 11 amide bonds. The van der Waals surface area contributed by atoms with Crippen molar-refractivity contribution in [2.45, 2.75) is 121 Å². The second-order valence-electron chi connectivity index (χ2n) is 20.4. The number of hydrogen-bond donors (Lipinski definition) is 16. The van der Waals surface area contributed by atoms with Crippen molar-refractivity contribution in [2.75, 3.05) is 65.6 Å². The third kappa shape index (κ3) is 25.4. The zero-order valence-electron chi connectivity index (χ0n) is 46.5. The van der Waals surface area contributed by atoms with Gasteiger partial charge < -0.3 is 89.2 Å².